The molecule has 3 aromatic rings. The van der Waals surface area contributed by atoms with E-state index in [0.717, 1.165) is 36.4 Å². The van der Waals surface area contributed by atoms with Crippen LogP contribution in [0.4, 0.5) is 5.82 Å². The van der Waals surface area contributed by atoms with Crippen molar-refractivity contribution in [2.75, 3.05) is 18.0 Å². The zero-order valence-corrected chi connectivity index (χ0v) is 12.1. The minimum absolute atomic E-state index is 0.276. The van der Waals surface area contributed by atoms with E-state index in [1.807, 2.05) is 34.8 Å². The van der Waals surface area contributed by atoms with Crippen LogP contribution in [0.5, 0.6) is 0 Å². The van der Waals surface area contributed by atoms with Gasteiger partial charge in [-0.05, 0) is 37.1 Å². The lowest BCUT2D eigenvalue weighted by Gasteiger charge is -2.31. The monoisotopic (exact) mass is 295 g/mol. The molecule has 1 saturated heterocycles. The van der Waals surface area contributed by atoms with Gasteiger partial charge in [0.15, 0.2) is 5.82 Å². The number of anilines is 1. The van der Waals surface area contributed by atoms with Gasteiger partial charge in [-0.1, -0.05) is 6.07 Å². The second-order valence-corrected chi connectivity index (χ2v) is 5.56. The highest BCUT2D eigenvalue weighted by Gasteiger charge is 2.19. The van der Waals surface area contributed by atoms with Gasteiger partial charge in [-0.15, -0.1) is 0 Å². The predicted octanol–water partition coefficient (Wildman–Crippen LogP) is 1.75. The molecule has 6 heteroatoms. The number of aliphatic hydroxyl groups is 1. The summed E-state index contributed by atoms with van der Waals surface area (Å²) < 4.78 is 1.84. The second-order valence-electron chi connectivity index (χ2n) is 5.56. The number of pyridine rings is 1. The Labute approximate surface area is 128 Å². The third-order valence-corrected chi connectivity index (χ3v) is 4.01. The third kappa shape index (κ3) is 2.31. The quantitative estimate of drug-likeness (QED) is 0.780. The van der Waals surface area contributed by atoms with Crippen LogP contribution in [0.3, 0.4) is 0 Å². The highest BCUT2D eigenvalue weighted by Crippen LogP contribution is 2.22. The Bertz CT molecular complexity index is 800. The predicted molar refractivity (Wildman–Crippen MR) is 83.7 cm³/mol. The summed E-state index contributed by atoms with van der Waals surface area (Å²) in [6.45, 7) is 1.54. The Hall–Kier alpha value is -2.47. The molecule has 4 rings (SSSR count). The minimum atomic E-state index is -0.276. The highest BCUT2D eigenvalue weighted by atomic mass is 16.3. The maximum Gasteiger partial charge on any atom is 0.180 e. The van der Waals surface area contributed by atoms with Crippen molar-refractivity contribution in [3.8, 4) is 11.5 Å². The molecule has 0 saturated carbocycles. The molecule has 1 aliphatic heterocycles. The molecule has 1 N–H and O–H groups in total. The number of hydrogen-bond donors (Lipinski definition) is 1. The van der Waals surface area contributed by atoms with Crippen molar-refractivity contribution in [1.29, 1.82) is 0 Å². The van der Waals surface area contributed by atoms with Crippen LogP contribution in [0.1, 0.15) is 12.8 Å². The van der Waals surface area contributed by atoms with Crippen LogP contribution < -0.4 is 4.90 Å². The number of aromatic nitrogens is 4. The molecule has 0 spiro atoms. The molecule has 0 amide bonds. The fourth-order valence-corrected chi connectivity index (χ4v) is 2.93. The maximum absolute atomic E-state index is 9.84. The summed E-state index contributed by atoms with van der Waals surface area (Å²) in [5, 5.41) is 14.2. The first kappa shape index (κ1) is 13.2. The van der Waals surface area contributed by atoms with Gasteiger partial charge in [0.05, 0.1) is 17.8 Å². The lowest BCUT2D eigenvalue weighted by atomic mass is 10.1. The highest BCUT2D eigenvalue weighted by molar-refractivity contribution is 5.59. The van der Waals surface area contributed by atoms with Crippen molar-refractivity contribution in [2.24, 2.45) is 0 Å². The van der Waals surface area contributed by atoms with Crippen LogP contribution in [-0.4, -0.2) is 43.9 Å². The van der Waals surface area contributed by atoms with Crippen LogP contribution >= 0.6 is 0 Å². The van der Waals surface area contributed by atoms with Gasteiger partial charge in [0.25, 0.3) is 0 Å². The Morgan fingerprint density at radius 2 is 2.09 bits per heavy atom. The first-order chi connectivity index (χ1) is 10.8. The standard InChI is InChI=1S/C16H17N5O/c22-13-4-2-10-20(11-13)15-7-8-17-16(19-15)14-5-1-3-12-6-9-18-21(12)14/h1,3,5-9,13,22H,2,4,10-11H2/t13-/m1/s1. The number of β-amino-alcohol motifs (C(OH)–C–C–N with tert-alkyl or cyclic N) is 1. The fourth-order valence-electron chi connectivity index (χ4n) is 2.93. The van der Waals surface area contributed by atoms with Crippen molar-refractivity contribution in [1.82, 2.24) is 19.6 Å². The van der Waals surface area contributed by atoms with E-state index >= 15 is 0 Å². The van der Waals surface area contributed by atoms with E-state index in [-0.39, 0.29) is 6.10 Å². The molecular formula is C16H17N5O. The van der Waals surface area contributed by atoms with Gasteiger partial charge in [0, 0.05) is 19.3 Å². The lowest BCUT2D eigenvalue weighted by Crippen LogP contribution is -2.38. The van der Waals surface area contributed by atoms with Crippen LogP contribution in [0.25, 0.3) is 17.0 Å². The maximum atomic E-state index is 9.84. The Morgan fingerprint density at radius 1 is 1.14 bits per heavy atom. The van der Waals surface area contributed by atoms with Crippen LogP contribution in [-0.2, 0) is 0 Å². The molecule has 0 bridgehead atoms. The molecule has 0 radical (unpaired) electrons. The smallest absolute Gasteiger partial charge is 0.180 e. The summed E-state index contributed by atoms with van der Waals surface area (Å²) >= 11 is 0. The van der Waals surface area contributed by atoms with Crippen molar-refractivity contribution in [3.63, 3.8) is 0 Å². The van der Waals surface area contributed by atoms with Crippen molar-refractivity contribution in [3.05, 3.63) is 42.7 Å². The largest absolute Gasteiger partial charge is 0.391 e. The molecule has 0 unspecified atom stereocenters. The van der Waals surface area contributed by atoms with E-state index in [1.54, 1.807) is 12.4 Å². The molecule has 22 heavy (non-hydrogen) atoms. The molecule has 1 atom stereocenters. The summed E-state index contributed by atoms with van der Waals surface area (Å²) in [4.78, 5) is 11.2. The second kappa shape index (κ2) is 5.38. The van der Waals surface area contributed by atoms with Gasteiger partial charge in [-0.2, -0.15) is 5.10 Å². The summed E-state index contributed by atoms with van der Waals surface area (Å²) in [6, 6.07) is 9.79. The molecule has 112 valence electrons. The van der Waals surface area contributed by atoms with Crippen LogP contribution in [0, 0.1) is 0 Å². The summed E-state index contributed by atoms with van der Waals surface area (Å²) in [5.41, 5.74) is 1.88. The fraction of sp³-hybridized carbons (Fsp3) is 0.312. The Balaban J connectivity index is 1.74. The number of nitrogens with zero attached hydrogens (tertiary/aromatic N) is 5. The number of piperidine rings is 1. The first-order valence-electron chi connectivity index (χ1n) is 7.50. The topological polar surface area (TPSA) is 66.5 Å². The number of rotatable bonds is 2. The number of aliphatic hydroxyl groups excluding tert-OH is 1. The van der Waals surface area contributed by atoms with E-state index in [0.29, 0.717) is 12.4 Å². The molecule has 0 aromatic carbocycles. The van der Waals surface area contributed by atoms with Gasteiger partial charge in [0.1, 0.15) is 11.5 Å². The van der Waals surface area contributed by atoms with Gasteiger partial charge >= 0.3 is 0 Å². The molecule has 3 aromatic heterocycles. The average molecular weight is 295 g/mol. The third-order valence-electron chi connectivity index (χ3n) is 4.01. The van der Waals surface area contributed by atoms with Crippen LogP contribution in [0.2, 0.25) is 0 Å². The molecule has 1 fully saturated rings. The zero-order chi connectivity index (χ0) is 14.9. The van der Waals surface area contributed by atoms with Gasteiger partial charge in [0.2, 0.25) is 0 Å². The molecule has 4 heterocycles. The summed E-state index contributed by atoms with van der Waals surface area (Å²) in [6.07, 6.45) is 5.10. The van der Waals surface area contributed by atoms with E-state index in [4.69, 9.17) is 0 Å². The van der Waals surface area contributed by atoms with Gasteiger partial charge < -0.3 is 10.0 Å². The minimum Gasteiger partial charge on any atom is -0.391 e. The first-order valence-corrected chi connectivity index (χ1v) is 7.50. The van der Waals surface area contributed by atoms with Crippen molar-refractivity contribution >= 4 is 11.3 Å². The van der Waals surface area contributed by atoms with Gasteiger partial charge in [-0.3, -0.25) is 0 Å². The van der Waals surface area contributed by atoms with E-state index in [9.17, 15) is 5.11 Å². The lowest BCUT2D eigenvalue weighted by molar-refractivity contribution is 0.154. The summed E-state index contributed by atoms with van der Waals surface area (Å²) in [7, 11) is 0. The van der Waals surface area contributed by atoms with E-state index < -0.39 is 0 Å². The normalized spacial score (nSPS) is 18.8. The van der Waals surface area contributed by atoms with Crippen LogP contribution in [0.15, 0.2) is 42.7 Å². The molecule has 0 aliphatic carbocycles. The summed E-state index contributed by atoms with van der Waals surface area (Å²) in [5.74, 6) is 1.50. The zero-order valence-electron chi connectivity index (χ0n) is 12.1. The van der Waals surface area contributed by atoms with E-state index in [1.165, 1.54) is 0 Å². The number of hydrogen-bond acceptors (Lipinski definition) is 5. The molecular weight excluding hydrogens is 278 g/mol. The molecule has 1 aliphatic rings. The Kier molecular flexibility index (Phi) is 3.23. The SMILES string of the molecule is O[C@@H]1CCCN(c2ccnc(-c3cccc4ccnn34)n2)C1. The van der Waals surface area contributed by atoms with Gasteiger partial charge in [-0.25, -0.2) is 14.5 Å². The molecule has 6 nitrogen and oxygen atoms in total. The average Bonchev–Trinajstić information content (AvgIpc) is 3.03. The van der Waals surface area contributed by atoms with Crippen molar-refractivity contribution < 1.29 is 5.11 Å². The van der Waals surface area contributed by atoms with Crippen molar-refractivity contribution in [2.45, 2.75) is 18.9 Å². The Morgan fingerprint density at radius 3 is 3.00 bits per heavy atom. The number of fused-ring (bicyclic) bond motifs is 1. The van der Waals surface area contributed by atoms with E-state index in [2.05, 4.69) is 20.0 Å².